The number of ether oxygens (including phenoxy) is 1. The molecule has 3 heterocycles. The van der Waals surface area contributed by atoms with Crippen molar-refractivity contribution in [3.05, 3.63) is 29.6 Å². The summed E-state index contributed by atoms with van der Waals surface area (Å²) in [5.74, 6) is -0.104. The summed E-state index contributed by atoms with van der Waals surface area (Å²) in [6.45, 7) is 5.78. The highest BCUT2D eigenvalue weighted by atomic mass is 16.5. The molecule has 0 aliphatic carbocycles. The van der Waals surface area contributed by atoms with Crippen molar-refractivity contribution in [2.45, 2.75) is 45.1 Å². The Morgan fingerprint density at radius 2 is 1.93 bits per heavy atom. The van der Waals surface area contributed by atoms with Crippen molar-refractivity contribution in [1.82, 2.24) is 14.8 Å². The van der Waals surface area contributed by atoms with Crippen LogP contribution in [0.4, 0.5) is 0 Å². The number of carbonyl (C=O) groups is 2. The van der Waals surface area contributed by atoms with Crippen LogP contribution >= 0.6 is 0 Å². The lowest BCUT2D eigenvalue weighted by Crippen LogP contribution is -2.53. The number of aryl methyl sites for hydroxylation is 1. The molecular weight excluding hydrogens is 356 g/mol. The van der Waals surface area contributed by atoms with Crippen LogP contribution in [0.1, 0.15) is 48.2 Å². The van der Waals surface area contributed by atoms with E-state index >= 15 is 0 Å². The SMILES string of the molecule is COCCC1(C(N)=O)CCN(C2CCN(C(=O)c3ccnc(C)c3)CC2)CC1. The number of nitrogens with two attached hydrogens (primary N) is 1. The second-order valence-corrected chi connectivity index (χ2v) is 8.13. The highest BCUT2D eigenvalue weighted by Gasteiger charge is 2.41. The fourth-order valence-corrected chi connectivity index (χ4v) is 4.53. The van der Waals surface area contributed by atoms with E-state index in [0.717, 1.165) is 57.6 Å². The Labute approximate surface area is 167 Å². The van der Waals surface area contributed by atoms with E-state index in [1.807, 2.05) is 17.9 Å². The Balaban J connectivity index is 1.52. The smallest absolute Gasteiger partial charge is 0.253 e. The minimum absolute atomic E-state index is 0.0925. The van der Waals surface area contributed by atoms with Gasteiger partial charge in [-0.25, -0.2) is 0 Å². The highest BCUT2D eigenvalue weighted by molar-refractivity contribution is 5.94. The van der Waals surface area contributed by atoms with Crippen LogP contribution in [0.15, 0.2) is 18.3 Å². The molecule has 2 aliphatic rings. The lowest BCUT2D eigenvalue weighted by atomic mass is 9.74. The van der Waals surface area contributed by atoms with Crippen molar-refractivity contribution in [2.75, 3.05) is 39.9 Å². The van der Waals surface area contributed by atoms with Gasteiger partial charge in [0.1, 0.15) is 0 Å². The van der Waals surface area contributed by atoms with Crippen LogP contribution in [0.3, 0.4) is 0 Å². The number of piperidine rings is 2. The first-order valence-corrected chi connectivity index (χ1v) is 10.2. The maximum atomic E-state index is 12.7. The van der Waals surface area contributed by atoms with Crippen LogP contribution in [0, 0.1) is 12.3 Å². The fourth-order valence-electron chi connectivity index (χ4n) is 4.53. The predicted octanol–water partition coefficient (Wildman–Crippen LogP) is 1.60. The third kappa shape index (κ3) is 4.52. The van der Waals surface area contributed by atoms with Gasteiger partial charge in [0.25, 0.3) is 5.91 Å². The molecule has 7 heteroatoms. The Morgan fingerprint density at radius 1 is 1.25 bits per heavy atom. The zero-order chi connectivity index (χ0) is 20.1. The lowest BCUT2D eigenvalue weighted by molar-refractivity contribution is -0.132. The second kappa shape index (κ2) is 9.01. The summed E-state index contributed by atoms with van der Waals surface area (Å²) in [6, 6.07) is 4.11. The molecule has 2 N–H and O–H groups in total. The minimum atomic E-state index is -0.428. The number of hydrogen-bond acceptors (Lipinski definition) is 5. The van der Waals surface area contributed by atoms with Crippen molar-refractivity contribution in [2.24, 2.45) is 11.1 Å². The molecule has 3 rings (SSSR count). The van der Waals surface area contributed by atoms with E-state index in [-0.39, 0.29) is 11.8 Å². The molecule has 2 saturated heterocycles. The molecule has 28 heavy (non-hydrogen) atoms. The molecule has 0 atom stereocenters. The number of primary amides is 1. The maximum Gasteiger partial charge on any atom is 0.253 e. The van der Waals surface area contributed by atoms with Crippen LogP contribution < -0.4 is 5.73 Å². The first-order valence-electron chi connectivity index (χ1n) is 10.2. The van der Waals surface area contributed by atoms with Crippen LogP contribution in [-0.4, -0.2) is 72.5 Å². The number of pyridine rings is 1. The van der Waals surface area contributed by atoms with Gasteiger partial charge in [-0.1, -0.05) is 0 Å². The number of carbonyl (C=O) groups excluding carboxylic acids is 2. The molecule has 1 aromatic heterocycles. The first-order chi connectivity index (χ1) is 13.4. The maximum absolute atomic E-state index is 12.7. The van der Waals surface area contributed by atoms with Gasteiger partial charge in [-0.3, -0.25) is 14.6 Å². The third-order valence-corrected chi connectivity index (χ3v) is 6.47. The van der Waals surface area contributed by atoms with Gasteiger partial charge >= 0.3 is 0 Å². The number of aromatic nitrogens is 1. The van der Waals surface area contributed by atoms with Crippen molar-refractivity contribution in [1.29, 1.82) is 0 Å². The van der Waals surface area contributed by atoms with Gasteiger partial charge in [0.15, 0.2) is 0 Å². The van der Waals surface area contributed by atoms with Crippen LogP contribution in [0.25, 0.3) is 0 Å². The van der Waals surface area contributed by atoms with Gasteiger partial charge in [-0.05, 0) is 64.3 Å². The Kier molecular flexibility index (Phi) is 6.67. The molecule has 0 aromatic carbocycles. The number of nitrogens with zero attached hydrogens (tertiary/aromatic N) is 3. The summed E-state index contributed by atoms with van der Waals surface area (Å²) in [5.41, 5.74) is 6.87. The van der Waals surface area contributed by atoms with Crippen molar-refractivity contribution in [3.8, 4) is 0 Å². The largest absolute Gasteiger partial charge is 0.385 e. The fraction of sp³-hybridized carbons (Fsp3) is 0.667. The summed E-state index contributed by atoms with van der Waals surface area (Å²) in [7, 11) is 1.66. The normalized spacial score (nSPS) is 20.9. The van der Waals surface area contributed by atoms with Crippen molar-refractivity contribution >= 4 is 11.8 Å². The summed E-state index contributed by atoms with van der Waals surface area (Å²) >= 11 is 0. The molecule has 0 radical (unpaired) electrons. The van der Waals surface area contributed by atoms with Crippen molar-refractivity contribution < 1.29 is 14.3 Å². The Bertz CT molecular complexity index is 693. The molecule has 0 bridgehead atoms. The van der Waals surface area contributed by atoms with Gasteiger partial charge in [0, 0.05) is 50.3 Å². The second-order valence-electron chi connectivity index (χ2n) is 8.13. The van der Waals surface area contributed by atoms with E-state index in [4.69, 9.17) is 10.5 Å². The molecule has 1 aromatic rings. The summed E-state index contributed by atoms with van der Waals surface area (Å²) in [4.78, 5) is 33.3. The zero-order valence-corrected chi connectivity index (χ0v) is 17.0. The summed E-state index contributed by atoms with van der Waals surface area (Å²) < 4.78 is 5.18. The van der Waals surface area contributed by atoms with E-state index in [1.54, 1.807) is 19.4 Å². The van der Waals surface area contributed by atoms with E-state index < -0.39 is 5.41 Å². The predicted molar refractivity (Wildman–Crippen MR) is 107 cm³/mol. The first kappa shape index (κ1) is 20.7. The Hall–Kier alpha value is -1.99. The topological polar surface area (TPSA) is 88.8 Å². The molecule has 2 fully saturated rings. The molecular formula is C21H32N4O3. The van der Waals surface area contributed by atoms with Crippen LogP contribution in [-0.2, 0) is 9.53 Å². The van der Waals surface area contributed by atoms with E-state index in [1.165, 1.54) is 0 Å². The lowest BCUT2D eigenvalue weighted by Gasteiger charge is -2.45. The average Bonchev–Trinajstić information content (AvgIpc) is 2.72. The quantitative estimate of drug-likeness (QED) is 0.800. The van der Waals surface area contributed by atoms with Gasteiger partial charge in [0.2, 0.25) is 5.91 Å². The Morgan fingerprint density at radius 3 is 2.50 bits per heavy atom. The number of amides is 2. The van der Waals surface area contributed by atoms with E-state index in [2.05, 4.69) is 9.88 Å². The summed E-state index contributed by atoms with van der Waals surface area (Å²) in [6.07, 6.45) is 5.92. The number of hydrogen-bond donors (Lipinski definition) is 1. The highest BCUT2D eigenvalue weighted by Crippen LogP contribution is 2.36. The van der Waals surface area contributed by atoms with Gasteiger partial charge in [0.05, 0.1) is 5.41 Å². The third-order valence-electron chi connectivity index (χ3n) is 6.47. The monoisotopic (exact) mass is 388 g/mol. The molecule has 154 valence electrons. The summed E-state index contributed by atoms with van der Waals surface area (Å²) in [5, 5.41) is 0. The molecule has 2 aliphatic heterocycles. The van der Waals surface area contributed by atoms with Gasteiger partial charge < -0.3 is 20.3 Å². The van der Waals surface area contributed by atoms with Crippen LogP contribution in [0.5, 0.6) is 0 Å². The molecule has 0 spiro atoms. The molecule has 0 unspecified atom stereocenters. The minimum Gasteiger partial charge on any atom is -0.385 e. The average molecular weight is 389 g/mol. The van der Waals surface area contributed by atoms with Gasteiger partial charge in [-0.15, -0.1) is 0 Å². The van der Waals surface area contributed by atoms with Crippen molar-refractivity contribution in [3.63, 3.8) is 0 Å². The molecule has 0 saturated carbocycles. The standard InChI is InChI=1S/C21H32N4O3/c1-16-15-17(3-9-23-16)19(26)25-10-4-18(5-11-25)24-12-6-21(7-13-24,20(22)27)8-14-28-2/h3,9,15,18H,4-8,10-14H2,1-2H3,(H2,22,27). The number of methoxy groups -OCH3 is 1. The van der Waals surface area contributed by atoms with E-state index in [9.17, 15) is 9.59 Å². The number of likely N-dealkylation sites (tertiary alicyclic amines) is 2. The van der Waals surface area contributed by atoms with E-state index in [0.29, 0.717) is 24.6 Å². The molecule has 7 nitrogen and oxygen atoms in total. The van der Waals surface area contributed by atoms with Gasteiger partial charge in [-0.2, -0.15) is 0 Å². The number of rotatable bonds is 6. The van der Waals surface area contributed by atoms with Crippen LogP contribution in [0.2, 0.25) is 0 Å². The zero-order valence-electron chi connectivity index (χ0n) is 17.0. The molecule has 2 amide bonds.